The number of hydrogen-bond donors (Lipinski definition) is 2. The average molecular weight is 299 g/mol. The molecule has 0 amide bonds. The maximum absolute atomic E-state index is 11.2. The minimum atomic E-state index is -0.918. The van der Waals surface area contributed by atoms with Gasteiger partial charge in [-0.15, -0.1) is 0 Å². The van der Waals surface area contributed by atoms with Crippen LogP contribution in [0.2, 0.25) is 0 Å². The summed E-state index contributed by atoms with van der Waals surface area (Å²) < 4.78 is 1.86. The van der Waals surface area contributed by atoms with Crippen LogP contribution in [0.1, 0.15) is 54.2 Å². The summed E-state index contributed by atoms with van der Waals surface area (Å²) in [6, 6.07) is 6.94. The molecule has 0 aliphatic carbocycles. The molecule has 0 fully saturated rings. The number of fused-ring (bicyclic) bond motifs is 1. The summed E-state index contributed by atoms with van der Waals surface area (Å²) in [4.78, 5) is 11.2. The van der Waals surface area contributed by atoms with Crippen molar-refractivity contribution in [3.63, 3.8) is 0 Å². The van der Waals surface area contributed by atoms with Crippen molar-refractivity contribution >= 4 is 11.8 Å². The van der Waals surface area contributed by atoms with E-state index in [1.807, 2.05) is 10.7 Å². The van der Waals surface area contributed by atoms with E-state index in [9.17, 15) is 9.90 Å². The molecule has 3 rings (SSSR count). The van der Waals surface area contributed by atoms with E-state index in [0.29, 0.717) is 5.92 Å². The molecular weight excluding hydrogens is 278 g/mol. The fourth-order valence-corrected chi connectivity index (χ4v) is 3.16. The second-order valence-electron chi connectivity index (χ2n) is 5.67. The van der Waals surface area contributed by atoms with Crippen LogP contribution in [0.5, 0.6) is 0 Å². The molecule has 1 aromatic heterocycles. The van der Waals surface area contributed by atoms with Gasteiger partial charge in [-0.1, -0.05) is 19.9 Å². The third kappa shape index (κ3) is 2.36. The van der Waals surface area contributed by atoms with Crippen LogP contribution in [-0.4, -0.2) is 27.4 Å². The Hall–Kier alpha value is -2.30. The van der Waals surface area contributed by atoms with Crippen LogP contribution in [0.4, 0.5) is 5.82 Å². The second kappa shape index (κ2) is 5.83. The van der Waals surface area contributed by atoms with Gasteiger partial charge in [0.25, 0.3) is 0 Å². The topological polar surface area (TPSA) is 67.2 Å². The molecule has 0 unspecified atom stereocenters. The maximum Gasteiger partial charge on any atom is 0.335 e. The van der Waals surface area contributed by atoms with Crippen LogP contribution in [0.3, 0.4) is 0 Å². The number of aromatic nitrogens is 2. The van der Waals surface area contributed by atoms with E-state index in [1.54, 1.807) is 18.2 Å². The van der Waals surface area contributed by atoms with Crippen molar-refractivity contribution in [2.45, 2.75) is 39.0 Å². The quantitative estimate of drug-likeness (QED) is 0.887. The number of hydrogen-bond acceptors (Lipinski definition) is 3. The van der Waals surface area contributed by atoms with Crippen molar-refractivity contribution in [2.75, 3.05) is 11.9 Å². The number of nitrogens with zero attached hydrogens (tertiary/aromatic N) is 2. The van der Waals surface area contributed by atoms with E-state index in [-0.39, 0.29) is 5.56 Å². The molecule has 0 saturated heterocycles. The lowest BCUT2D eigenvalue weighted by molar-refractivity contribution is 0.0697. The molecule has 5 heteroatoms. The largest absolute Gasteiger partial charge is 0.478 e. The van der Waals surface area contributed by atoms with Gasteiger partial charge in [-0.2, -0.15) is 5.10 Å². The first kappa shape index (κ1) is 14.6. The van der Waals surface area contributed by atoms with Gasteiger partial charge in [0, 0.05) is 18.0 Å². The van der Waals surface area contributed by atoms with Gasteiger partial charge in [-0.05, 0) is 37.5 Å². The van der Waals surface area contributed by atoms with Crippen molar-refractivity contribution in [3.8, 4) is 5.69 Å². The standard InChI is InChI=1S/C17H21N3O2/c1-3-11(4-2)15-14-8-9-18-16(14)20(19-15)13-7-5-6-12(10-13)17(21)22/h5-7,10-11,18H,3-4,8-9H2,1-2H3,(H,21,22). The number of carboxylic acids is 1. The lowest BCUT2D eigenvalue weighted by atomic mass is 9.96. The number of benzene rings is 1. The summed E-state index contributed by atoms with van der Waals surface area (Å²) in [6.07, 6.45) is 3.12. The minimum Gasteiger partial charge on any atom is -0.478 e. The Bertz CT molecular complexity index is 702. The molecule has 2 heterocycles. The van der Waals surface area contributed by atoms with Gasteiger partial charge in [0.2, 0.25) is 0 Å². The van der Waals surface area contributed by atoms with Crippen molar-refractivity contribution in [2.24, 2.45) is 0 Å². The monoisotopic (exact) mass is 299 g/mol. The zero-order valence-electron chi connectivity index (χ0n) is 13.0. The van der Waals surface area contributed by atoms with Crippen molar-refractivity contribution in [1.82, 2.24) is 9.78 Å². The van der Waals surface area contributed by atoms with Crippen molar-refractivity contribution in [3.05, 3.63) is 41.1 Å². The summed E-state index contributed by atoms with van der Waals surface area (Å²) in [5.74, 6) is 0.556. The molecule has 0 radical (unpaired) electrons. The lowest BCUT2D eigenvalue weighted by Gasteiger charge is -2.10. The molecule has 5 nitrogen and oxygen atoms in total. The fourth-order valence-electron chi connectivity index (χ4n) is 3.16. The molecule has 1 aromatic carbocycles. The number of nitrogens with one attached hydrogen (secondary N) is 1. The molecule has 2 N–H and O–H groups in total. The second-order valence-corrected chi connectivity index (χ2v) is 5.67. The SMILES string of the molecule is CCC(CC)c1nn(-c2cccc(C(=O)O)c2)c2c1CCN2. The summed E-state index contributed by atoms with van der Waals surface area (Å²) in [5.41, 5.74) is 3.52. The highest BCUT2D eigenvalue weighted by atomic mass is 16.4. The van der Waals surface area contributed by atoms with Crippen molar-refractivity contribution < 1.29 is 9.90 Å². The zero-order valence-corrected chi connectivity index (χ0v) is 13.0. The molecule has 0 saturated carbocycles. The Labute approximate surface area is 130 Å². The molecule has 1 aliphatic rings. The summed E-state index contributed by atoms with van der Waals surface area (Å²) in [6.45, 7) is 5.29. The molecule has 22 heavy (non-hydrogen) atoms. The van der Waals surface area contributed by atoms with Crippen LogP contribution in [0.25, 0.3) is 5.69 Å². The van der Waals surface area contributed by atoms with Gasteiger partial charge >= 0.3 is 5.97 Å². The Balaban J connectivity index is 2.10. The van der Waals surface area contributed by atoms with Crippen LogP contribution < -0.4 is 5.32 Å². The van der Waals surface area contributed by atoms with E-state index in [2.05, 4.69) is 19.2 Å². The first-order valence-corrected chi connectivity index (χ1v) is 7.85. The van der Waals surface area contributed by atoms with Crippen LogP contribution in [0.15, 0.2) is 24.3 Å². The van der Waals surface area contributed by atoms with Crippen LogP contribution >= 0.6 is 0 Å². The molecule has 0 spiro atoms. The smallest absolute Gasteiger partial charge is 0.335 e. The normalized spacial score (nSPS) is 13.2. The highest BCUT2D eigenvalue weighted by molar-refractivity contribution is 5.88. The summed E-state index contributed by atoms with van der Waals surface area (Å²) >= 11 is 0. The van der Waals surface area contributed by atoms with Gasteiger partial charge in [-0.25, -0.2) is 9.48 Å². The highest BCUT2D eigenvalue weighted by Gasteiger charge is 2.26. The first-order chi connectivity index (χ1) is 10.7. The minimum absolute atomic E-state index is 0.281. The predicted octanol–water partition coefficient (Wildman–Crippen LogP) is 3.44. The summed E-state index contributed by atoms with van der Waals surface area (Å²) in [5, 5.41) is 17.4. The molecule has 0 atom stereocenters. The Morgan fingerprint density at radius 3 is 2.86 bits per heavy atom. The third-order valence-corrected chi connectivity index (χ3v) is 4.39. The average Bonchev–Trinajstić information content (AvgIpc) is 3.12. The van der Waals surface area contributed by atoms with Gasteiger partial charge in [0.1, 0.15) is 5.82 Å². The van der Waals surface area contributed by atoms with Crippen LogP contribution in [0, 0.1) is 0 Å². The van der Waals surface area contributed by atoms with E-state index in [0.717, 1.165) is 43.0 Å². The Morgan fingerprint density at radius 1 is 1.41 bits per heavy atom. The van der Waals surface area contributed by atoms with E-state index in [4.69, 9.17) is 5.10 Å². The predicted molar refractivity (Wildman–Crippen MR) is 86.0 cm³/mol. The number of carboxylic acid groups (broad SMARTS) is 1. The van der Waals surface area contributed by atoms with Gasteiger partial charge in [0.15, 0.2) is 0 Å². The van der Waals surface area contributed by atoms with Crippen molar-refractivity contribution in [1.29, 1.82) is 0 Å². The number of anilines is 1. The molecular formula is C17H21N3O2. The number of rotatable bonds is 5. The maximum atomic E-state index is 11.2. The third-order valence-electron chi connectivity index (χ3n) is 4.39. The Kier molecular flexibility index (Phi) is 3.88. The first-order valence-electron chi connectivity index (χ1n) is 7.85. The van der Waals surface area contributed by atoms with E-state index >= 15 is 0 Å². The fraction of sp³-hybridized carbons (Fsp3) is 0.412. The lowest BCUT2D eigenvalue weighted by Crippen LogP contribution is -2.07. The Morgan fingerprint density at radius 2 is 2.18 bits per heavy atom. The highest BCUT2D eigenvalue weighted by Crippen LogP contribution is 2.35. The number of carbonyl (C=O) groups is 1. The molecule has 116 valence electrons. The summed E-state index contributed by atoms with van der Waals surface area (Å²) in [7, 11) is 0. The molecule has 0 bridgehead atoms. The van der Waals surface area contributed by atoms with E-state index < -0.39 is 5.97 Å². The van der Waals surface area contributed by atoms with Gasteiger partial charge in [0.05, 0.1) is 16.9 Å². The molecule has 1 aliphatic heterocycles. The van der Waals surface area contributed by atoms with Gasteiger partial charge in [-0.3, -0.25) is 0 Å². The zero-order chi connectivity index (χ0) is 15.7. The van der Waals surface area contributed by atoms with Gasteiger partial charge < -0.3 is 10.4 Å². The molecule has 2 aromatic rings. The van der Waals surface area contributed by atoms with E-state index in [1.165, 1.54) is 5.56 Å². The number of aromatic carboxylic acids is 1. The van der Waals surface area contributed by atoms with Crippen LogP contribution in [-0.2, 0) is 6.42 Å².